The van der Waals surface area contributed by atoms with E-state index in [4.69, 9.17) is 55.9 Å². The molecule has 18 heavy (non-hydrogen) atoms. The van der Waals surface area contributed by atoms with E-state index in [2.05, 4.69) is 6.58 Å². The summed E-state index contributed by atoms with van der Waals surface area (Å²) in [5, 5.41) is 1.10. The smallest absolute Gasteiger partial charge is 0.160 e. The van der Waals surface area contributed by atoms with Crippen molar-refractivity contribution < 1.29 is 9.47 Å². The number of benzene rings is 1. The minimum atomic E-state index is -0.188. The van der Waals surface area contributed by atoms with Crippen LogP contribution in [0.2, 0.25) is 20.1 Å². The van der Waals surface area contributed by atoms with E-state index in [1.165, 1.54) is 6.07 Å². The Labute approximate surface area is 125 Å². The summed E-state index contributed by atoms with van der Waals surface area (Å²) in [6, 6.07) is 1.48. The van der Waals surface area contributed by atoms with E-state index in [9.17, 15) is 0 Å². The second kappa shape index (κ2) is 5.89. The molecule has 1 fully saturated rings. The van der Waals surface area contributed by atoms with Gasteiger partial charge in [0, 0.05) is 6.42 Å². The van der Waals surface area contributed by atoms with Gasteiger partial charge in [-0.1, -0.05) is 52.5 Å². The zero-order valence-electron chi connectivity index (χ0n) is 9.26. The number of epoxide rings is 1. The second-order valence-electron chi connectivity index (χ2n) is 3.85. The fourth-order valence-corrected chi connectivity index (χ4v) is 2.40. The lowest BCUT2D eigenvalue weighted by Gasteiger charge is -2.18. The summed E-state index contributed by atoms with van der Waals surface area (Å²) < 4.78 is 11.0. The van der Waals surface area contributed by atoms with Gasteiger partial charge in [-0.25, -0.2) is 0 Å². The zero-order chi connectivity index (χ0) is 13.3. The summed E-state index contributed by atoms with van der Waals surface area (Å²) in [5.74, 6) is 0.290. The molecule has 0 saturated carbocycles. The maximum Gasteiger partial charge on any atom is 0.160 e. The average Bonchev–Trinajstić information content (AvgIpc) is 3.15. The van der Waals surface area contributed by atoms with Crippen LogP contribution in [0.1, 0.15) is 6.42 Å². The van der Waals surface area contributed by atoms with Gasteiger partial charge in [0.2, 0.25) is 0 Å². The largest absolute Gasteiger partial charge is 0.484 e. The highest BCUT2D eigenvalue weighted by Gasteiger charge is 2.34. The molecule has 1 aliphatic heterocycles. The molecule has 1 aromatic rings. The Kier molecular flexibility index (Phi) is 4.68. The maximum atomic E-state index is 6.07. The van der Waals surface area contributed by atoms with Gasteiger partial charge >= 0.3 is 0 Å². The molecule has 1 saturated heterocycles. The van der Waals surface area contributed by atoms with Crippen LogP contribution in [0.15, 0.2) is 18.7 Å². The van der Waals surface area contributed by atoms with Crippen molar-refractivity contribution in [3.05, 3.63) is 38.8 Å². The van der Waals surface area contributed by atoms with E-state index in [1.54, 1.807) is 6.08 Å². The molecule has 0 spiro atoms. The third-order valence-corrected chi connectivity index (χ3v) is 4.05. The van der Waals surface area contributed by atoms with Crippen LogP contribution in [0.3, 0.4) is 0 Å². The van der Waals surface area contributed by atoms with Gasteiger partial charge in [-0.15, -0.1) is 6.58 Å². The van der Waals surface area contributed by atoms with Gasteiger partial charge < -0.3 is 9.47 Å². The fourth-order valence-electron chi connectivity index (χ4n) is 1.52. The van der Waals surface area contributed by atoms with E-state index in [0.717, 1.165) is 0 Å². The number of hydrogen-bond acceptors (Lipinski definition) is 2. The van der Waals surface area contributed by atoms with E-state index < -0.39 is 0 Å². The van der Waals surface area contributed by atoms with Crippen molar-refractivity contribution in [3.8, 4) is 5.75 Å². The minimum Gasteiger partial charge on any atom is -0.484 e. The first-order chi connectivity index (χ1) is 8.54. The van der Waals surface area contributed by atoms with Crippen LogP contribution in [-0.4, -0.2) is 18.8 Å². The van der Waals surface area contributed by atoms with Crippen LogP contribution in [0.25, 0.3) is 0 Å². The Morgan fingerprint density at radius 2 is 1.89 bits per heavy atom. The first kappa shape index (κ1) is 14.3. The molecule has 0 radical (unpaired) electrons. The van der Waals surface area contributed by atoms with Crippen molar-refractivity contribution in [1.82, 2.24) is 0 Å². The minimum absolute atomic E-state index is 0.0351. The van der Waals surface area contributed by atoms with Crippen molar-refractivity contribution in [2.45, 2.75) is 18.6 Å². The highest BCUT2D eigenvalue weighted by molar-refractivity contribution is 6.48. The van der Waals surface area contributed by atoms with E-state index in [-0.39, 0.29) is 28.0 Å². The molecule has 0 aliphatic carbocycles. The monoisotopic (exact) mass is 326 g/mol. The van der Waals surface area contributed by atoms with E-state index in [0.29, 0.717) is 23.1 Å². The Bertz CT molecular complexity index is 445. The number of rotatable bonds is 5. The topological polar surface area (TPSA) is 21.8 Å². The molecule has 6 heteroatoms. The normalized spacial score (nSPS) is 19.4. The SMILES string of the molecule is C=CCC(Oc1c(Cl)c(Cl)cc(Cl)c1Cl)C1CO1. The molecule has 2 atom stereocenters. The van der Waals surface area contributed by atoms with Gasteiger partial charge in [0.1, 0.15) is 22.3 Å². The van der Waals surface area contributed by atoms with Crippen LogP contribution in [0.4, 0.5) is 0 Å². The van der Waals surface area contributed by atoms with Crippen LogP contribution in [0, 0.1) is 0 Å². The third kappa shape index (κ3) is 3.06. The quantitative estimate of drug-likeness (QED) is 0.430. The first-order valence-electron chi connectivity index (χ1n) is 5.26. The number of halogens is 4. The predicted molar refractivity (Wildman–Crippen MR) is 75.5 cm³/mol. The molecule has 2 rings (SSSR count). The molecule has 1 aromatic carbocycles. The van der Waals surface area contributed by atoms with Gasteiger partial charge in [-0.2, -0.15) is 0 Å². The predicted octanol–water partition coefficient (Wildman–Crippen LogP) is 5.02. The molecule has 98 valence electrons. The molecule has 1 aliphatic rings. The molecular weight excluding hydrogens is 318 g/mol. The highest BCUT2D eigenvalue weighted by atomic mass is 35.5. The van der Waals surface area contributed by atoms with Gasteiger partial charge in [-0.3, -0.25) is 0 Å². The van der Waals surface area contributed by atoms with Crippen LogP contribution in [0.5, 0.6) is 5.75 Å². The summed E-state index contributed by atoms with van der Waals surface area (Å²) in [4.78, 5) is 0. The Morgan fingerprint density at radius 3 is 2.33 bits per heavy atom. The highest BCUT2D eigenvalue weighted by Crippen LogP contribution is 2.44. The molecule has 0 N–H and O–H groups in total. The molecule has 2 unspecified atom stereocenters. The molecule has 0 bridgehead atoms. The summed E-state index contributed by atoms with van der Waals surface area (Å²) in [6.45, 7) is 4.33. The maximum absolute atomic E-state index is 6.07. The summed E-state index contributed by atoms with van der Waals surface area (Å²) in [7, 11) is 0. The molecule has 1 heterocycles. The molecule has 0 amide bonds. The fraction of sp³-hybridized carbons (Fsp3) is 0.333. The van der Waals surface area contributed by atoms with Crippen LogP contribution < -0.4 is 4.74 Å². The Hall–Kier alpha value is -0.120. The standard InChI is InChI=1S/C12H10Cl4O2/c1-2-3-8(9-5-17-9)18-12-10(15)6(13)4-7(14)11(12)16/h2,4,8-9H,1,3,5H2. The van der Waals surface area contributed by atoms with Gasteiger partial charge in [0.05, 0.1) is 16.7 Å². The molecule has 0 aromatic heterocycles. The van der Waals surface area contributed by atoms with Gasteiger partial charge in [0.15, 0.2) is 5.75 Å². The van der Waals surface area contributed by atoms with Crippen molar-refractivity contribution in [2.24, 2.45) is 0 Å². The Morgan fingerprint density at radius 1 is 1.33 bits per heavy atom. The van der Waals surface area contributed by atoms with Crippen molar-refractivity contribution >= 4 is 46.4 Å². The second-order valence-corrected chi connectivity index (χ2v) is 5.42. The van der Waals surface area contributed by atoms with Crippen LogP contribution >= 0.6 is 46.4 Å². The molecule has 2 nitrogen and oxygen atoms in total. The van der Waals surface area contributed by atoms with Crippen molar-refractivity contribution in [1.29, 1.82) is 0 Å². The van der Waals surface area contributed by atoms with Crippen molar-refractivity contribution in [3.63, 3.8) is 0 Å². The number of hydrogen-bond donors (Lipinski definition) is 0. The Balaban J connectivity index is 2.29. The lowest BCUT2D eigenvalue weighted by molar-refractivity contribution is 0.162. The van der Waals surface area contributed by atoms with Gasteiger partial charge in [-0.05, 0) is 6.07 Å². The van der Waals surface area contributed by atoms with Gasteiger partial charge in [0.25, 0.3) is 0 Å². The third-order valence-electron chi connectivity index (χ3n) is 2.51. The van der Waals surface area contributed by atoms with E-state index >= 15 is 0 Å². The summed E-state index contributed by atoms with van der Waals surface area (Å²) in [6.07, 6.45) is 2.22. The van der Waals surface area contributed by atoms with Crippen molar-refractivity contribution in [2.75, 3.05) is 6.61 Å². The first-order valence-corrected chi connectivity index (χ1v) is 6.78. The lowest BCUT2D eigenvalue weighted by atomic mass is 10.2. The van der Waals surface area contributed by atoms with Crippen LogP contribution in [-0.2, 0) is 4.74 Å². The van der Waals surface area contributed by atoms with E-state index in [1.807, 2.05) is 0 Å². The number of ether oxygens (including phenoxy) is 2. The summed E-state index contributed by atoms with van der Waals surface area (Å²) in [5.41, 5.74) is 0. The average molecular weight is 328 g/mol. The zero-order valence-corrected chi connectivity index (χ0v) is 12.3. The summed E-state index contributed by atoms with van der Waals surface area (Å²) >= 11 is 24.0. The lowest BCUT2D eigenvalue weighted by Crippen LogP contribution is -2.22. The molecular formula is C12H10Cl4O2.